The van der Waals surface area contributed by atoms with Crippen molar-refractivity contribution in [3.8, 4) is 0 Å². The highest BCUT2D eigenvalue weighted by Gasteiger charge is 2.02. The van der Waals surface area contributed by atoms with Gasteiger partial charge in [0.1, 0.15) is 6.61 Å². The molecule has 0 heterocycles. The van der Waals surface area contributed by atoms with Crippen LogP contribution in [0.3, 0.4) is 0 Å². The van der Waals surface area contributed by atoms with Crippen LogP contribution in [0, 0.1) is 0 Å². The minimum absolute atomic E-state index is 0.225. The molecule has 0 unspecified atom stereocenters. The van der Waals surface area contributed by atoms with Crippen molar-refractivity contribution in [3.63, 3.8) is 0 Å². The van der Waals surface area contributed by atoms with Crippen LogP contribution in [0.4, 0.5) is 4.79 Å². The summed E-state index contributed by atoms with van der Waals surface area (Å²) in [5, 5.41) is 0. The zero-order valence-corrected chi connectivity index (χ0v) is 13.0. The molecule has 5 nitrogen and oxygen atoms in total. The number of carbonyl (C=O) groups excluding carboxylic acids is 1. The molecule has 0 N–H and O–H groups in total. The lowest BCUT2D eigenvalue weighted by Gasteiger charge is -2.07. The highest BCUT2D eigenvalue weighted by atomic mass is 16.7. The van der Waals surface area contributed by atoms with Crippen LogP contribution < -0.4 is 0 Å². The van der Waals surface area contributed by atoms with Crippen molar-refractivity contribution >= 4 is 6.16 Å². The van der Waals surface area contributed by atoms with Crippen LogP contribution >= 0.6 is 0 Å². The number of rotatable bonds is 14. The Morgan fingerprint density at radius 2 is 1.25 bits per heavy atom. The first kappa shape index (κ1) is 19.2. The van der Waals surface area contributed by atoms with E-state index in [9.17, 15) is 4.79 Å². The second-order valence-corrected chi connectivity index (χ2v) is 4.59. The zero-order valence-electron chi connectivity index (χ0n) is 13.0. The third kappa shape index (κ3) is 15.2. The zero-order chi connectivity index (χ0) is 14.9. The van der Waals surface area contributed by atoms with Gasteiger partial charge in [0.25, 0.3) is 0 Å². The van der Waals surface area contributed by atoms with E-state index in [1.807, 2.05) is 0 Å². The highest BCUT2D eigenvalue weighted by molar-refractivity contribution is 5.59. The Morgan fingerprint density at radius 3 is 1.95 bits per heavy atom. The maximum Gasteiger partial charge on any atom is 0.508 e. The molecule has 0 aromatic rings. The molecule has 0 rings (SSSR count). The second-order valence-electron chi connectivity index (χ2n) is 4.59. The van der Waals surface area contributed by atoms with Gasteiger partial charge in [0, 0.05) is 6.61 Å². The summed E-state index contributed by atoms with van der Waals surface area (Å²) in [7, 11) is 0. The molecule has 0 radical (unpaired) electrons. The highest BCUT2D eigenvalue weighted by Crippen LogP contribution is 1.99. The monoisotopic (exact) mass is 290 g/mol. The van der Waals surface area contributed by atoms with Gasteiger partial charge >= 0.3 is 6.16 Å². The fraction of sp³-hybridized carbons (Fsp3) is 0.933. The van der Waals surface area contributed by atoms with E-state index in [-0.39, 0.29) is 6.61 Å². The van der Waals surface area contributed by atoms with Gasteiger partial charge in [-0.05, 0) is 12.8 Å². The van der Waals surface area contributed by atoms with Crippen molar-refractivity contribution in [1.29, 1.82) is 0 Å². The molecular formula is C15H30O5. The molecule has 0 aliphatic rings. The van der Waals surface area contributed by atoms with Gasteiger partial charge in [0.2, 0.25) is 0 Å². The van der Waals surface area contributed by atoms with Crippen LogP contribution in [0.15, 0.2) is 0 Å². The molecule has 0 aromatic heterocycles. The third-order valence-corrected chi connectivity index (χ3v) is 2.68. The number of unbranched alkanes of at least 4 members (excludes halogenated alkanes) is 4. The Bertz CT molecular complexity index is 208. The lowest BCUT2D eigenvalue weighted by molar-refractivity contribution is 0.00844. The Balaban J connectivity index is 3.11. The van der Waals surface area contributed by atoms with Gasteiger partial charge in [0.05, 0.1) is 26.4 Å². The maximum absolute atomic E-state index is 11.2. The quantitative estimate of drug-likeness (QED) is 0.362. The molecule has 0 aliphatic carbocycles. The maximum atomic E-state index is 11.2. The predicted octanol–water partition coefficient (Wildman–Crippen LogP) is 3.55. The van der Waals surface area contributed by atoms with E-state index in [1.165, 1.54) is 12.8 Å². The molecule has 0 fully saturated rings. The first-order valence-corrected chi connectivity index (χ1v) is 7.76. The summed E-state index contributed by atoms with van der Waals surface area (Å²) in [4.78, 5) is 11.2. The Kier molecular flexibility index (Phi) is 15.6. The molecule has 0 atom stereocenters. The van der Waals surface area contributed by atoms with Crippen molar-refractivity contribution in [3.05, 3.63) is 0 Å². The van der Waals surface area contributed by atoms with Crippen LogP contribution in [-0.2, 0) is 18.9 Å². The average Bonchev–Trinajstić information content (AvgIpc) is 2.45. The molecule has 0 aliphatic heterocycles. The third-order valence-electron chi connectivity index (χ3n) is 2.68. The van der Waals surface area contributed by atoms with Gasteiger partial charge in [-0.25, -0.2) is 4.79 Å². The Morgan fingerprint density at radius 1 is 0.650 bits per heavy atom. The lowest BCUT2D eigenvalue weighted by atomic mass is 10.2. The van der Waals surface area contributed by atoms with Crippen LogP contribution in [0.2, 0.25) is 0 Å². The SMILES string of the molecule is CCCCCCOC(=O)OCCOCCOCCCC. The van der Waals surface area contributed by atoms with Crippen LogP contribution in [0.25, 0.3) is 0 Å². The Hall–Kier alpha value is -0.810. The van der Waals surface area contributed by atoms with Gasteiger partial charge in [-0.3, -0.25) is 0 Å². The largest absolute Gasteiger partial charge is 0.508 e. The molecule has 5 heteroatoms. The summed E-state index contributed by atoms with van der Waals surface area (Å²) >= 11 is 0. The van der Waals surface area contributed by atoms with Gasteiger partial charge < -0.3 is 18.9 Å². The van der Waals surface area contributed by atoms with E-state index in [2.05, 4.69) is 13.8 Å². The summed E-state index contributed by atoms with van der Waals surface area (Å²) in [5.74, 6) is 0. The molecule has 120 valence electrons. The number of carbonyl (C=O) groups is 1. The molecule has 20 heavy (non-hydrogen) atoms. The van der Waals surface area contributed by atoms with E-state index >= 15 is 0 Å². The smallest absolute Gasteiger partial charge is 0.434 e. The summed E-state index contributed by atoms with van der Waals surface area (Å²) in [6, 6.07) is 0. The molecule has 0 saturated heterocycles. The van der Waals surface area contributed by atoms with E-state index in [4.69, 9.17) is 18.9 Å². The van der Waals surface area contributed by atoms with Crippen molar-refractivity contribution < 1.29 is 23.7 Å². The molecule has 0 aromatic carbocycles. The van der Waals surface area contributed by atoms with Gasteiger partial charge in [0.15, 0.2) is 0 Å². The first-order chi connectivity index (χ1) is 9.81. The molecule has 0 saturated carbocycles. The molecular weight excluding hydrogens is 260 g/mol. The van der Waals surface area contributed by atoms with E-state index in [0.29, 0.717) is 26.4 Å². The number of hydrogen-bond acceptors (Lipinski definition) is 5. The van der Waals surface area contributed by atoms with E-state index in [1.54, 1.807) is 0 Å². The summed E-state index contributed by atoms with van der Waals surface area (Å²) in [6.45, 7) is 7.20. The fourth-order valence-corrected chi connectivity index (χ4v) is 1.48. The van der Waals surface area contributed by atoms with Crippen LogP contribution in [0.5, 0.6) is 0 Å². The standard InChI is InChI=1S/C15H30O5/c1-3-5-7-8-10-19-15(16)20-14-13-18-12-11-17-9-6-4-2/h3-14H2,1-2H3. The molecule has 0 amide bonds. The van der Waals surface area contributed by atoms with Gasteiger partial charge in [-0.1, -0.05) is 39.5 Å². The molecule has 0 spiro atoms. The number of hydrogen-bond donors (Lipinski definition) is 0. The summed E-state index contributed by atoms with van der Waals surface area (Å²) < 4.78 is 20.4. The summed E-state index contributed by atoms with van der Waals surface area (Å²) in [6.07, 6.45) is 5.93. The van der Waals surface area contributed by atoms with Crippen molar-refractivity contribution in [2.24, 2.45) is 0 Å². The minimum atomic E-state index is -0.607. The Labute approximate surface area is 122 Å². The normalized spacial score (nSPS) is 10.5. The van der Waals surface area contributed by atoms with E-state index in [0.717, 1.165) is 32.3 Å². The van der Waals surface area contributed by atoms with Crippen LogP contribution in [0.1, 0.15) is 52.4 Å². The predicted molar refractivity (Wildman–Crippen MR) is 78.0 cm³/mol. The van der Waals surface area contributed by atoms with Gasteiger partial charge in [-0.15, -0.1) is 0 Å². The second kappa shape index (κ2) is 16.2. The van der Waals surface area contributed by atoms with Crippen LogP contribution in [-0.4, -0.2) is 45.8 Å². The minimum Gasteiger partial charge on any atom is -0.434 e. The topological polar surface area (TPSA) is 54.0 Å². The first-order valence-electron chi connectivity index (χ1n) is 7.76. The van der Waals surface area contributed by atoms with Crippen molar-refractivity contribution in [1.82, 2.24) is 0 Å². The van der Waals surface area contributed by atoms with Crippen molar-refractivity contribution in [2.45, 2.75) is 52.4 Å². The average molecular weight is 290 g/mol. The number of ether oxygens (including phenoxy) is 4. The fourth-order valence-electron chi connectivity index (χ4n) is 1.48. The van der Waals surface area contributed by atoms with Gasteiger partial charge in [-0.2, -0.15) is 0 Å². The molecule has 0 bridgehead atoms. The van der Waals surface area contributed by atoms with Crippen molar-refractivity contribution in [2.75, 3.05) is 39.6 Å². The van der Waals surface area contributed by atoms with E-state index < -0.39 is 6.16 Å². The lowest BCUT2D eigenvalue weighted by Crippen LogP contribution is -2.14. The summed E-state index contributed by atoms with van der Waals surface area (Å²) in [5.41, 5.74) is 0.